The lowest BCUT2D eigenvalue weighted by Crippen LogP contribution is -2.46. The van der Waals surface area contributed by atoms with Crippen molar-refractivity contribution in [3.8, 4) is 6.07 Å². The molecule has 2 saturated heterocycles. The maximum atomic E-state index is 13.0. The van der Waals surface area contributed by atoms with E-state index in [-0.39, 0.29) is 17.5 Å². The van der Waals surface area contributed by atoms with Crippen LogP contribution in [0.15, 0.2) is 70.0 Å². The van der Waals surface area contributed by atoms with Gasteiger partial charge in [-0.25, -0.2) is 0 Å². The number of piperazine rings is 1. The molecule has 36 heavy (non-hydrogen) atoms. The summed E-state index contributed by atoms with van der Waals surface area (Å²) in [6, 6.07) is 22.5. The summed E-state index contributed by atoms with van der Waals surface area (Å²) < 4.78 is 6.50. The summed E-state index contributed by atoms with van der Waals surface area (Å²) in [7, 11) is 0. The zero-order valence-electron chi connectivity index (χ0n) is 19.7. The first-order valence-electron chi connectivity index (χ1n) is 11.8. The highest BCUT2D eigenvalue weighted by Crippen LogP contribution is 2.33. The van der Waals surface area contributed by atoms with Crippen LogP contribution in [0.4, 0.5) is 5.88 Å². The normalized spacial score (nSPS) is 17.7. The summed E-state index contributed by atoms with van der Waals surface area (Å²) in [4.78, 5) is 23.8. The second-order valence-corrected chi connectivity index (χ2v) is 10.3. The Morgan fingerprint density at radius 1 is 1.03 bits per heavy atom. The van der Waals surface area contributed by atoms with E-state index in [0.717, 1.165) is 44.7 Å². The Bertz CT molecular complexity index is 1310. The fourth-order valence-electron chi connectivity index (χ4n) is 4.32. The van der Waals surface area contributed by atoms with Gasteiger partial charge < -0.3 is 9.32 Å². The smallest absolute Gasteiger partial charge is 0.266 e. The van der Waals surface area contributed by atoms with Crippen molar-refractivity contribution in [2.24, 2.45) is 0 Å². The molecule has 0 aliphatic carbocycles. The topological polar surface area (TPSA) is 76.6 Å². The predicted octanol–water partition coefficient (Wildman–Crippen LogP) is 4.31. The molecule has 2 fully saturated rings. The van der Waals surface area contributed by atoms with Gasteiger partial charge in [0.1, 0.15) is 10.4 Å². The number of anilines is 1. The molecule has 0 atom stereocenters. The maximum absolute atomic E-state index is 13.0. The van der Waals surface area contributed by atoms with Crippen LogP contribution in [0.3, 0.4) is 0 Å². The van der Waals surface area contributed by atoms with Gasteiger partial charge in [-0.2, -0.15) is 10.2 Å². The second kappa shape index (κ2) is 11.1. The molecule has 2 aromatic carbocycles. The van der Waals surface area contributed by atoms with Crippen LogP contribution in [-0.4, -0.2) is 57.7 Å². The van der Waals surface area contributed by atoms with Gasteiger partial charge in [0.05, 0.1) is 4.91 Å². The van der Waals surface area contributed by atoms with E-state index in [2.05, 4.69) is 45.1 Å². The summed E-state index contributed by atoms with van der Waals surface area (Å²) in [5, 5.41) is 9.65. The van der Waals surface area contributed by atoms with Crippen LogP contribution in [0.2, 0.25) is 0 Å². The van der Waals surface area contributed by atoms with E-state index in [0.29, 0.717) is 21.7 Å². The number of oxazole rings is 1. The molecule has 0 bridgehead atoms. The minimum absolute atomic E-state index is 0.159. The third kappa shape index (κ3) is 5.51. The quantitative estimate of drug-likeness (QED) is 0.340. The zero-order valence-corrected chi connectivity index (χ0v) is 21.3. The highest BCUT2D eigenvalue weighted by Gasteiger charge is 2.32. The Labute approximate surface area is 220 Å². The standard InChI is InChI=1S/C27H25N5O2S2/c28-18-22-26(31-15-13-30(14-16-31)19-21-9-5-2-6-10-21)34-24(29-22)17-23-25(33)32(27(35)36-23)12-11-20-7-3-1-4-8-20/h1-10,17H,11-16,19H2/b23-17+. The number of carbonyl (C=O) groups excluding carboxylic acids is 1. The zero-order chi connectivity index (χ0) is 24.9. The van der Waals surface area contributed by atoms with E-state index < -0.39 is 0 Å². The summed E-state index contributed by atoms with van der Waals surface area (Å²) in [6.45, 7) is 4.59. The molecule has 1 aromatic heterocycles. The lowest BCUT2D eigenvalue weighted by atomic mass is 10.1. The molecule has 5 rings (SSSR count). The van der Waals surface area contributed by atoms with Crippen molar-refractivity contribution < 1.29 is 9.21 Å². The molecule has 0 spiro atoms. The molecule has 1 amide bonds. The van der Waals surface area contributed by atoms with Crippen LogP contribution in [0.25, 0.3) is 6.08 Å². The number of nitrogens with zero attached hydrogens (tertiary/aromatic N) is 5. The fraction of sp³-hybridized carbons (Fsp3) is 0.259. The van der Waals surface area contributed by atoms with Gasteiger partial charge in [0.2, 0.25) is 17.5 Å². The predicted molar refractivity (Wildman–Crippen MR) is 145 cm³/mol. The van der Waals surface area contributed by atoms with Gasteiger partial charge in [-0.1, -0.05) is 84.6 Å². The van der Waals surface area contributed by atoms with E-state index in [9.17, 15) is 10.1 Å². The number of aromatic nitrogens is 1. The lowest BCUT2D eigenvalue weighted by Gasteiger charge is -2.34. The van der Waals surface area contributed by atoms with Crippen LogP contribution >= 0.6 is 24.0 Å². The molecule has 2 aliphatic rings. The van der Waals surface area contributed by atoms with Crippen molar-refractivity contribution >= 4 is 46.2 Å². The summed E-state index contributed by atoms with van der Waals surface area (Å²) in [6.07, 6.45) is 2.32. The SMILES string of the molecule is N#Cc1nc(/C=C2/SC(=S)N(CCc3ccccc3)C2=O)oc1N1CCN(Cc2ccccc2)CC1. The number of thioether (sulfide) groups is 1. The first kappa shape index (κ1) is 24.3. The molecular weight excluding hydrogens is 490 g/mol. The third-order valence-electron chi connectivity index (χ3n) is 6.24. The summed E-state index contributed by atoms with van der Waals surface area (Å²) in [5.41, 5.74) is 2.67. The van der Waals surface area contributed by atoms with E-state index in [1.54, 1.807) is 11.0 Å². The molecule has 3 heterocycles. The molecule has 0 radical (unpaired) electrons. The van der Waals surface area contributed by atoms with Crippen molar-refractivity contribution in [3.63, 3.8) is 0 Å². The molecule has 0 saturated carbocycles. The molecule has 0 N–H and O–H groups in total. The second-order valence-electron chi connectivity index (χ2n) is 8.64. The molecule has 0 unspecified atom stereocenters. The third-order valence-corrected chi connectivity index (χ3v) is 7.61. The van der Waals surface area contributed by atoms with Gasteiger partial charge in [0.15, 0.2) is 0 Å². The monoisotopic (exact) mass is 515 g/mol. The van der Waals surface area contributed by atoms with Gasteiger partial charge in [0.25, 0.3) is 5.91 Å². The number of carbonyl (C=O) groups is 1. The Morgan fingerprint density at radius 3 is 2.36 bits per heavy atom. The van der Waals surface area contributed by atoms with Crippen molar-refractivity contribution in [2.75, 3.05) is 37.6 Å². The van der Waals surface area contributed by atoms with Crippen LogP contribution < -0.4 is 4.90 Å². The van der Waals surface area contributed by atoms with Gasteiger partial charge in [-0.3, -0.25) is 14.6 Å². The number of nitriles is 1. The van der Waals surface area contributed by atoms with Crippen LogP contribution in [0.5, 0.6) is 0 Å². The number of benzene rings is 2. The Kier molecular flexibility index (Phi) is 7.47. The highest BCUT2D eigenvalue weighted by atomic mass is 32.2. The van der Waals surface area contributed by atoms with Crippen molar-refractivity contribution in [2.45, 2.75) is 13.0 Å². The van der Waals surface area contributed by atoms with Crippen LogP contribution in [-0.2, 0) is 17.8 Å². The van der Waals surface area contributed by atoms with Crippen LogP contribution in [0, 0.1) is 11.3 Å². The average molecular weight is 516 g/mol. The fourth-order valence-corrected chi connectivity index (χ4v) is 5.59. The minimum atomic E-state index is -0.159. The van der Waals surface area contributed by atoms with Gasteiger partial charge in [-0.15, -0.1) is 0 Å². The summed E-state index contributed by atoms with van der Waals surface area (Å²) in [5.74, 6) is 0.549. The number of amides is 1. The highest BCUT2D eigenvalue weighted by molar-refractivity contribution is 8.26. The summed E-state index contributed by atoms with van der Waals surface area (Å²) >= 11 is 6.69. The number of hydrogen-bond acceptors (Lipinski definition) is 8. The molecular formula is C27H25N5O2S2. The molecule has 9 heteroatoms. The van der Waals surface area contributed by atoms with Crippen molar-refractivity contribution in [1.29, 1.82) is 5.26 Å². The number of hydrogen-bond donors (Lipinski definition) is 0. The maximum Gasteiger partial charge on any atom is 0.266 e. The van der Waals surface area contributed by atoms with E-state index in [1.165, 1.54) is 17.3 Å². The first-order valence-corrected chi connectivity index (χ1v) is 13.0. The number of rotatable bonds is 7. The van der Waals surface area contributed by atoms with Crippen molar-refractivity contribution in [1.82, 2.24) is 14.8 Å². The Hall–Kier alpha value is -3.45. The van der Waals surface area contributed by atoms with Gasteiger partial charge in [0, 0.05) is 45.3 Å². The molecule has 182 valence electrons. The van der Waals surface area contributed by atoms with Crippen LogP contribution in [0.1, 0.15) is 22.7 Å². The van der Waals surface area contributed by atoms with Gasteiger partial charge >= 0.3 is 0 Å². The first-order chi connectivity index (χ1) is 17.6. The average Bonchev–Trinajstić information content (AvgIpc) is 3.44. The Balaban J connectivity index is 1.23. The molecule has 7 nitrogen and oxygen atoms in total. The largest absolute Gasteiger partial charge is 0.420 e. The van der Waals surface area contributed by atoms with E-state index in [1.807, 2.05) is 36.4 Å². The van der Waals surface area contributed by atoms with E-state index >= 15 is 0 Å². The number of thiocarbonyl (C=S) groups is 1. The lowest BCUT2D eigenvalue weighted by molar-refractivity contribution is -0.122. The van der Waals surface area contributed by atoms with E-state index in [4.69, 9.17) is 16.6 Å². The van der Waals surface area contributed by atoms with Gasteiger partial charge in [-0.05, 0) is 17.5 Å². The Morgan fingerprint density at radius 2 is 1.69 bits per heavy atom. The minimum Gasteiger partial charge on any atom is -0.420 e. The molecule has 2 aliphatic heterocycles. The van der Waals surface area contributed by atoms with Crippen molar-refractivity contribution in [3.05, 3.63) is 88.3 Å². The molecule has 3 aromatic rings.